The first kappa shape index (κ1) is 26.0. The van der Waals surface area contributed by atoms with Crippen LogP contribution in [0.5, 0.6) is 0 Å². The number of β-lactam (4-membered cyclic amide) rings is 1. The molecular formula is C24H37N5O5S. The molecule has 5 N–H and O–H groups in total. The first-order valence-corrected chi connectivity index (χ1v) is 13.1. The number of piperazine rings is 1. The van der Waals surface area contributed by atoms with E-state index in [0.717, 1.165) is 30.0 Å². The molecule has 0 radical (unpaired) electrons. The molecule has 4 heterocycles. The Hall–Kier alpha value is -2.08. The molecule has 0 spiro atoms. The van der Waals surface area contributed by atoms with Gasteiger partial charge in [-0.15, -0.1) is 11.8 Å². The maximum absolute atomic E-state index is 12.6. The predicted molar refractivity (Wildman–Crippen MR) is 133 cm³/mol. The Labute approximate surface area is 210 Å². The Morgan fingerprint density at radius 3 is 2.43 bits per heavy atom. The van der Waals surface area contributed by atoms with Crippen LogP contribution in [0.2, 0.25) is 0 Å². The number of hydrogen-bond donors (Lipinski definition) is 4. The summed E-state index contributed by atoms with van der Waals surface area (Å²) in [6.45, 7) is 15.6. The lowest BCUT2D eigenvalue weighted by molar-refractivity contribution is -0.163. The minimum Gasteiger partial charge on any atom is -0.477 e. The minimum atomic E-state index is -1.10. The number of hydrogen-bond acceptors (Lipinski definition) is 7. The summed E-state index contributed by atoms with van der Waals surface area (Å²) in [6.07, 6.45) is -0.00559. The summed E-state index contributed by atoms with van der Waals surface area (Å²) >= 11 is 1.54. The minimum absolute atomic E-state index is 0.0735. The molecule has 35 heavy (non-hydrogen) atoms. The number of amides is 3. The molecule has 0 aromatic heterocycles. The van der Waals surface area contributed by atoms with Crippen LogP contribution in [0.3, 0.4) is 0 Å². The van der Waals surface area contributed by atoms with Gasteiger partial charge in [-0.1, -0.05) is 13.5 Å². The van der Waals surface area contributed by atoms with Gasteiger partial charge in [0.25, 0.3) is 0 Å². The van der Waals surface area contributed by atoms with E-state index < -0.39 is 18.0 Å². The third kappa shape index (κ3) is 4.36. The molecular weight excluding hydrogens is 470 g/mol. The van der Waals surface area contributed by atoms with Crippen LogP contribution in [0.25, 0.3) is 0 Å². The quantitative estimate of drug-likeness (QED) is 0.291. The van der Waals surface area contributed by atoms with E-state index in [4.69, 9.17) is 5.73 Å². The van der Waals surface area contributed by atoms with Crippen molar-refractivity contribution in [2.45, 2.75) is 63.1 Å². The predicted octanol–water partition coefficient (Wildman–Crippen LogP) is 0.635. The van der Waals surface area contributed by atoms with E-state index in [-0.39, 0.29) is 46.4 Å². The van der Waals surface area contributed by atoms with Crippen LogP contribution in [0, 0.1) is 11.8 Å². The average Bonchev–Trinajstić information content (AvgIpc) is 3.35. The number of thioether (sulfide) groups is 1. The maximum atomic E-state index is 12.6. The number of aliphatic carboxylic acids is 1. The van der Waals surface area contributed by atoms with Gasteiger partial charge in [-0.25, -0.2) is 9.59 Å². The first-order chi connectivity index (χ1) is 16.4. The number of nitrogens with zero attached hydrogens (tertiary/aromatic N) is 3. The third-order valence-electron chi connectivity index (χ3n) is 8.28. The van der Waals surface area contributed by atoms with E-state index in [0.29, 0.717) is 19.6 Å². The highest BCUT2D eigenvalue weighted by molar-refractivity contribution is 8.03. The summed E-state index contributed by atoms with van der Waals surface area (Å²) in [5, 5.41) is 23.7. The first-order valence-electron chi connectivity index (χ1n) is 12.2. The molecule has 3 fully saturated rings. The number of carbonyl (C=O) groups excluding carboxylic acids is 2. The van der Waals surface area contributed by atoms with Gasteiger partial charge < -0.3 is 31.1 Å². The number of urea groups is 1. The standard InChI is InChI=1S/C24H37N5O5S/c1-12-18-17(14(3)30)21(31)29(18)19(22(32)33)20(12)35-15-10-16(26-11-15)13(2)24(4,5)28-8-6-27(7-9-28)23(25)34/h12,14-18,26,30H,2,6-11H2,1,3-5H3,(H2,25,34)(H,32,33)/t12-,14-,15+,16+,17-,18-/m1/s1. The fraction of sp³-hybridized carbons (Fsp3) is 0.708. The van der Waals surface area contributed by atoms with Gasteiger partial charge in [0.1, 0.15) is 5.70 Å². The number of aliphatic hydroxyl groups is 1. The van der Waals surface area contributed by atoms with Crippen LogP contribution < -0.4 is 11.1 Å². The highest BCUT2D eigenvalue weighted by Crippen LogP contribution is 2.52. The molecule has 4 aliphatic heterocycles. The second-order valence-electron chi connectivity index (χ2n) is 10.6. The smallest absolute Gasteiger partial charge is 0.353 e. The zero-order valence-electron chi connectivity index (χ0n) is 20.9. The summed E-state index contributed by atoms with van der Waals surface area (Å²) in [4.78, 5) is 42.2. The van der Waals surface area contributed by atoms with E-state index in [1.165, 1.54) is 4.90 Å². The molecule has 3 saturated heterocycles. The molecule has 0 aromatic rings. The van der Waals surface area contributed by atoms with Crippen molar-refractivity contribution in [2.24, 2.45) is 17.6 Å². The Balaban J connectivity index is 1.42. The van der Waals surface area contributed by atoms with Gasteiger partial charge in [0.05, 0.1) is 18.1 Å². The van der Waals surface area contributed by atoms with E-state index in [1.807, 2.05) is 6.92 Å². The molecule has 11 heteroatoms. The molecule has 0 aliphatic carbocycles. The van der Waals surface area contributed by atoms with Gasteiger partial charge in [0, 0.05) is 60.4 Å². The van der Waals surface area contributed by atoms with Crippen molar-refractivity contribution in [3.05, 3.63) is 22.8 Å². The Bertz CT molecular complexity index is 958. The maximum Gasteiger partial charge on any atom is 0.353 e. The molecule has 0 bridgehead atoms. The van der Waals surface area contributed by atoms with Crippen LogP contribution in [0.15, 0.2) is 22.8 Å². The lowest BCUT2D eigenvalue weighted by Gasteiger charge is -2.46. The largest absolute Gasteiger partial charge is 0.477 e. The molecule has 3 amide bonds. The number of aliphatic hydroxyl groups excluding tert-OH is 1. The number of primary amides is 1. The molecule has 194 valence electrons. The number of carbonyl (C=O) groups is 3. The summed E-state index contributed by atoms with van der Waals surface area (Å²) in [6, 6.07) is -0.610. The van der Waals surface area contributed by atoms with Crippen molar-refractivity contribution in [3.63, 3.8) is 0 Å². The fourth-order valence-electron chi connectivity index (χ4n) is 6.03. The van der Waals surface area contributed by atoms with E-state index >= 15 is 0 Å². The molecule has 4 rings (SSSR count). The van der Waals surface area contributed by atoms with Gasteiger partial charge in [0.15, 0.2) is 0 Å². The normalized spacial score (nSPS) is 32.5. The second-order valence-corrected chi connectivity index (χ2v) is 11.9. The zero-order chi connectivity index (χ0) is 25.8. The van der Waals surface area contributed by atoms with Crippen molar-refractivity contribution in [1.82, 2.24) is 20.0 Å². The summed E-state index contributed by atoms with van der Waals surface area (Å²) < 4.78 is 0. The summed E-state index contributed by atoms with van der Waals surface area (Å²) in [5.74, 6) is -2.09. The monoisotopic (exact) mass is 507 g/mol. The van der Waals surface area contributed by atoms with Crippen LogP contribution >= 0.6 is 11.8 Å². The average molecular weight is 508 g/mol. The topological polar surface area (TPSA) is 139 Å². The van der Waals surface area contributed by atoms with E-state index in [2.05, 4.69) is 30.6 Å². The third-order valence-corrected chi connectivity index (χ3v) is 9.80. The molecule has 4 aliphatic rings. The number of carboxylic acids is 1. The van der Waals surface area contributed by atoms with Crippen LogP contribution in [0.4, 0.5) is 4.79 Å². The van der Waals surface area contributed by atoms with Crippen LogP contribution in [-0.4, -0.2) is 105 Å². The lowest BCUT2D eigenvalue weighted by Crippen LogP contribution is -2.63. The van der Waals surface area contributed by atoms with E-state index in [1.54, 1.807) is 23.6 Å². The number of rotatable bonds is 7. The Morgan fingerprint density at radius 1 is 1.26 bits per heavy atom. The van der Waals surface area contributed by atoms with Gasteiger partial charge in [-0.3, -0.25) is 9.69 Å². The van der Waals surface area contributed by atoms with Gasteiger partial charge in [0.2, 0.25) is 5.91 Å². The highest BCUT2D eigenvalue weighted by Gasteiger charge is 2.60. The fourth-order valence-corrected chi connectivity index (χ4v) is 7.51. The lowest BCUT2D eigenvalue weighted by atomic mass is 9.79. The number of carboxylic acid groups (broad SMARTS) is 1. The number of nitrogens with one attached hydrogen (secondary N) is 1. The highest BCUT2D eigenvalue weighted by atomic mass is 32.2. The van der Waals surface area contributed by atoms with Crippen molar-refractivity contribution in [3.8, 4) is 0 Å². The zero-order valence-corrected chi connectivity index (χ0v) is 21.7. The number of fused-ring (bicyclic) bond motifs is 1. The SMILES string of the molecule is C=C([C@@H]1C[C@H](SC2=C(C(=O)O)N3C(=O)[C@H]([C@@H](C)O)[C@H]3[C@H]2C)CN1)C(C)(C)N1CCN(C(N)=O)CC1. The molecule has 0 saturated carbocycles. The van der Waals surface area contributed by atoms with Gasteiger partial charge in [-0.05, 0) is 32.8 Å². The molecule has 0 aromatic carbocycles. The molecule has 10 nitrogen and oxygen atoms in total. The van der Waals surface area contributed by atoms with Crippen molar-refractivity contribution in [1.29, 1.82) is 0 Å². The Kier molecular flexibility index (Phi) is 7.00. The number of nitrogens with two attached hydrogens (primary N) is 1. The molecule has 0 unspecified atom stereocenters. The Morgan fingerprint density at radius 2 is 1.89 bits per heavy atom. The van der Waals surface area contributed by atoms with Crippen molar-refractivity contribution < 1.29 is 24.6 Å². The van der Waals surface area contributed by atoms with Gasteiger partial charge >= 0.3 is 12.0 Å². The summed E-state index contributed by atoms with van der Waals surface area (Å²) in [7, 11) is 0. The molecule has 6 atom stereocenters. The van der Waals surface area contributed by atoms with E-state index in [9.17, 15) is 24.6 Å². The van der Waals surface area contributed by atoms with Crippen molar-refractivity contribution >= 4 is 29.7 Å². The van der Waals surface area contributed by atoms with Gasteiger partial charge in [-0.2, -0.15) is 0 Å². The van der Waals surface area contributed by atoms with Crippen LogP contribution in [0.1, 0.15) is 34.1 Å². The van der Waals surface area contributed by atoms with Crippen LogP contribution in [-0.2, 0) is 9.59 Å². The van der Waals surface area contributed by atoms with Crippen molar-refractivity contribution in [2.75, 3.05) is 32.7 Å². The summed E-state index contributed by atoms with van der Waals surface area (Å²) in [5.41, 5.74) is 6.27. The second kappa shape index (κ2) is 9.42.